The third-order valence-corrected chi connectivity index (χ3v) is 7.11. The molecule has 0 saturated carbocycles. The Balaban J connectivity index is 1.49. The molecule has 2 nitrogen and oxygen atoms in total. The van der Waals surface area contributed by atoms with Gasteiger partial charge in [0.05, 0.1) is 11.1 Å². The van der Waals surface area contributed by atoms with Crippen LogP contribution in [0.5, 0.6) is 23.0 Å². The number of rotatable bonds is 6. The molecular formula is C33H21F6IO2. The molecule has 0 aliphatic rings. The van der Waals surface area contributed by atoms with Gasteiger partial charge in [-0.2, -0.15) is 26.3 Å². The highest BCUT2D eigenvalue weighted by atomic mass is 127. The van der Waals surface area contributed by atoms with Crippen LogP contribution in [-0.4, -0.2) is 0 Å². The van der Waals surface area contributed by atoms with Crippen LogP contribution >= 0.6 is 22.6 Å². The van der Waals surface area contributed by atoms with Gasteiger partial charge >= 0.3 is 12.4 Å². The van der Waals surface area contributed by atoms with E-state index in [1.165, 1.54) is 24.3 Å². The minimum Gasteiger partial charge on any atom is -0.457 e. The van der Waals surface area contributed by atoms with Crippen molar-refractivity contribution in [1.82, 2.24) is 0 Å². The summed E-state index contributed by atoms with van der Waals surface area (Å²) in [6.45, 7) is 1.85. The summed E-state index contributed by atoms with van der Waals surface area (Å²) in [6, 6.07) is 26.9. The fraction of sp³-hybridized carbons (Fsp3) is 0.0909. The van der Waals surface area contributed by atoms with Crippen molar-refractivity contribution in [2.45, 2.75) is 19.3 Å². The molecule has 0 amide bonds. The standard InChI is InChI=1S/C33H21F6IO2/c1-20-5-11-26(12-6-20)41-30-15-7-23(18-28(30)32(34,35)36)21-3-2-4-22(17-21)24-8-16-31(29(19-24)33(37,38)39)42-27-13-9-25(40)10-14-27/h2-19H,1H3. The molecular weight excluding hydrogens is 669 g/mol. The minimum atomic E-state index is -4.71. The van der Waals surface area contributed by atoms with Crippen LogP contribution in [0.4, 0.5) is 26.3 Å². The Morgan fingerprint density at radius 2 is 0.905 bits per heavy atom. The van der Waals surface area contributed by atoms with E-state index in [0.29, 0.717) is 11.1 Å². The molecule has 0 saturated heterocycles. The molecule has 0 N–H and O–H groups in total. The molecule has 0 atom stereocenters. The summed E-state index contributed by atoms with van der Waals surface area (Å²) in [5.41, 5.74) is 0.247. The smallest absolute Gasteiger partial charge is 0.420 e. The van der Waals surface area contributed by atoms with E-state index in [-0.39, 0.29) is 34.1 Å². The van der Waals surface area contributed by atoms with E-state index in [0.717, 1.165) is 21.3 Å². The zero-order chi connectivity index (χ0) is 30.1. The SMILES string of the molecule is Cc1ccc(Oc2ccc(-c3cccc(-c4ccc(Oc5ccc(I)cc5)c(C(F)(F)F)c4)c3)cc2C(F)(F)F)cc1. The van der Waals surface area contributed by atoms with Crippen LogP contribution in [0.25, 0.3) is 22.3 Å². The van der Waals surface area contributed by atoms with Crippen molar-refractivity contribution in [3.05, 3.63) is 129 Å². The van der Waals surface area contributed by atoms with Crippen LogP contribution in [0.2, 0.25) is 0 Å². The minimum absolute atomic E-state index is 0.231. The lowest BCUT2D eigenvalue weighted by Gasteiger charge is -2.17. The summed E-state index contributed by atoms with van der Waals surface area (Å²) in [4.78, 5) is 0. The van der Waals surface area contributed by atoms with Crippen molar-refractivity contribution in [3.8, 4) is 45.3 Å². The quantitative estimate of drug-likeness (QED) is 0.130. The molecule has 0 aliphatic heterocycles. The van der Waals surface area contributed by atoms with Crippen molar-refractivity contribution in [1.29, 1.82) is 0 Å². The van der Waals surface area contributed by atoms with E-state index in [9.17, 15) is 26.3 Å². The highest BCUT2D eigenvalue weighted by Crippen LogP contribution is 2.43. The fourth-order valence-electron chi connectivity index (χ4n) is 4.28. The van der Waals surface area contributed by atoms with Crippen LogP contribution in [0.15, 0.2) is 109 Å². The van der Waals surface area contributed by atoms with Crippen LogP contribution in [0.1, 0.15) is 16.7 Å². The summed E-state index contributed by atoms with van der Waals surface area (Å²) in [7, 11) is 0. The van der Waals surface area contributed by atoms with E-state index in [2.05, 4.69) is 22.6 Å². The van der Waals surface area contributed by atoms with E-state index >= 15 is 0 Å². The molecule has 0 bridgehead atoms. The molecule has 0 aliphatic carbocycles. The molecule has 9 heteroatoms. The molecule has 5 rings (SSSR count). The van der Waals surface area contributed by atoms with E-state index in [4.69, 9.17) is 9.47 Å². The van der Waals surface area contributed by atoms with Gasteiger partial charge in [-0.25, -0.2) is 0 Å². The van der Waals surface area contributed by atoms with Gasteiger partial charge < -0.3 is 9.47 Å². The molecule has 0 heterocycles. The lowest BCUT2D eigenvalue weighted by Crippen LogP contribution is -2.07. The van der Waals surface area contributed by atoms with Crippen LogP contribution in [-0.2, 0) is 12.4 Å². The topological polar surface area (TPSA) is 18.5 Å². The van der Waals surface area contributed by atoms with Crippen molar-refractivity contribution >= 4 is 22.6 Å². The first-order chi connectivity index (χ1) is 19.9. The summed E-state index contributed by atoms with van der Waals surface area (Å²) in [5.74, 6) is -0.200. The fourth-order valence-corrected chi connectivity index (χ4v) is 4.64. The number of alkyl halides is 6. The highest BCUT2D eigenvalue weighted by molar-refractivity contribution is 14.1. The second-order valence-corrected chi connectivity index (χ2v) is 10.7. The monoisotopic (exact) mass is 690 g/mol. The zero-order valence-corrected chi connectivity index (χ0v) is 24.0. The third-order valence-electron chi connectivity index (χ3n) is 6.39. The van der Waals surface area contributed by atoms with E-state index in [1.54, 1.807) is 72.8 Å². The Hall–Kier alpha value is -3.99. The molecule has 42 heavy (non-hydrogen) atoms. The molecule has 0 unspecified atom stereocenters. The third kappa shape index (κ3) is 6.89. The van der Waals surface area contributed by atoms with Gasteiger partial charge in [-0.3, -0.25) is 0 Å². The Morgan fingerprint density at radius 1 is 0.500 bits per heavy atom. The number of halogens is 7. The molecule has 0 aromatic heterocycles. The normalized spacial score (nSPS) is 11.8. The second kappa shape index (κ2) is 11.7. The molecule has 0 fully saturated rings. The first-order valence-corrected chi connectivity index (χ1v) is 13.7. The number of hydrogen-bond acceptors (Lipinski definition) is 2. The lowest BCUT2D eigenvalue weighted by atomic mass is 9.96. The van der Waals surface area contributed by atoms with Gasteiger partial charge in [0.2, 0.25) is 0 Å². The number of benzene rings is 5. The van der Waals surface area contributed by atoms with Gasteiger partial charge in [-0.15, -0.1) is 0 Å². The number of aryl methyl sites for hydroxylation is 1. The van der Waals surface area contributed by atoms with Crippen LogP contribution < -0.4 is 9.47 Å². The van der Waals surface area contributed by atoms with Gasteiger partial charge in [0.1, 0.15) is 23.0 Å². The Kier molecular flexibility index (Phi) is 8.23. The maximum atomic E-state index is 14.0. The highest BCUT2D eigenvalue weighted by Gasteiger charge is 2.36. The first-order valence-electron chi connectivity index (χ1n) is 12.6. The van der Waals surface area contributed by atoms with Gasteiger partial charge in [0.25, 0.3) is 0 Å². The van der Waals surface area contributed by atoms with Gasteiger partial charge in [-0.1, -0.05) is 48.0 Å². The average molecular weight is 690 g/mol. The molecule has 0 radical (unpaired) electrons. The molecule has 0 spiro atoms. The lowest BCUT2D eigenvalue weighted by molar-refractivity contribution is -0.139. The van der Waals surface area contributed by atoms with Crippen molar-refractivity contribution in [2.24, 2.45) is 0 Å². The van der Waals surface area contributed by atoms with E-state index in [1.807, 2.05) is 6.92 Å². The average Bonchev–Trinajstić information content (AvgIpc) is 2.95. The maximum absolute atomic E-state index is 14.0. The molecule has 5 aromatic carbocycles. The Morgan fingerprint density at radius 3 is 1.33 bits per heavy atom. The van der Waals surface area contributed by atoms with E-state index < -0.39 is 23.5 Å². The Bertz CT molecular complexity index is 1590. The second-order valence-electron chi connectivity index (χ2n) is 9.47. The Labute approximate surface area is 251 Å². The van der Waals surface area contributed by atoms with Crippen molar-refractivity contribution < 1.29 is 35.8 Å². The summed E-state index contributed by atoms with van der Waals surface area (Å²) < 4.78 is 96.1. The number of hydrogen-bond donors (Lipinski definition) is 0. The summed E-state index contributed by atoms with van der Waals surface area (Å²) >= 11 is 2.08. The largest absolute Gasteiger partial charge is 0.457 e. The van der Waals surface area contributed by atoms with Gasteiger partial charge in [-0.05, 0) is 118 Å². The van der Waals surface area contributed by atoms with Crippen LogP contribution in [0, 0.1) is 10.5 Å². The predicted octanol–water partition coefficient (Wildman–Crippen LogP) is 11.6. The van der Waals surface area contributed by atoms with Gasteiger partial charge in [0.15, 0.2) is 0 Å². The van der Waals surface area contributed by atoms with Gasteiger partial charge in [0, 0.05) is 3.57 Å². The van der Waals surface area contributed by atoms with Crippen LogP contribution in [0.3, 0.4) is 0 Å². The summed E-state index contributed by atoms with van der Waals surface area (Å²) in [6.07, 6.45) is -9.41. The summed E-state index contributed by atoms with van der Waals surface area (Å²) in [5, 5.41) is 0. The first kappa shape index (κ1) is 29.5. The molecule has 5 aromatic rings. The number of ether oxygens (including phenoxy) is 2. The predicted molar refractivity (Wildman–Crippen MR) is 158 cm³/mol. The van der Waals surface area contributed by atoms with Crippen molar-refractivity contribution in [2.75, 3.05) is 0 Å². The molecule has 214 valence electrons. The van der Waals surface area contributed by atoms with Crippen molar-refractivity contribution in [3.63, 3.8) is 0 Å². The zero-order valence-electron chi connectivity index (χ0n) is 21.9. The maximum Gasteiger partial charge on any atom is 0.420 e.